The third kappa shape index (κ3) is 8.65. The van der Waals surface area contributed by atoms with E-state index in [2.05, 4.69) is 20.5 Å². The van der Waals surface area contributed by atoms with Gasteiger partial charge in [-0.05, 0) is 51.6 Å². The van der Waals surface area contributed by atoms with E-state index in [1.165, 1.54) is 25.7 Å². The molecule has 0 aromatic heterocycles. The number of nitrogens with zero attached hydrogens (tertiary/aromatic N) is 3. The number of hydrogen-bond acceptors (Lipinski definition) is 4. The molecule has 0 aliphatic carbocycles. The highest BCUT2D eigenvalue weighted by molar-refractivity contribution is 14.0. The van der Waals surface area contributed by atoms with Gasteiger partial charge >= 0.3 is 15.5 Å². The second kappa shape index (κ2) is 13.3. The minimum atomic E-state index is -5.23. The van der Waals surface area contributed by atoms with E-state index in [0.29, 0.717) is 29.7 Å². The summed E-state index contributed by atoms with van der Waals surface area (Å²) in [7, 11) is -5.22. The highest BCUT2D eigenvalue weighted by Crippen LogP contribution is 2.30. The topological polar surface area (TPSA) is 77.0 Å². The van der Waals surface area contributed by atoms with Crippen LogP contribution in [0.25, 0.3) is 0 Å². The number of piperidine rings is 1. The molecule has 12 heteroatoms. The smallest absolute Gasteiger partial charge is 0.357 e. The van der Waals surface area contributed by atoms with Crippen molar-refractivity contribution in [1.29, 1.82) is 0 Å². The minimum absolute atomic E-state index is 0. The lowest BCUT2D eigenvalue weighted by Crippen LogP contribution is -2.45. The van der Waals surface area contributed by atoms with Crippen molar-refractivity contribution in [3.8, 4) is 0 Å². The Morgan fingerprint density at radius 3 is 2.17 bits per heavy atom. The fourth-order valence-corrected chi connectivity index (χ4v) is 4.72. The molecule has 2 N–H and O–H groups in total. The molecule has 0 amide bonds. The van der Waals surface area contributed by atoms with Crippen molar-refractivity contribution >= 4 is 40.0 Å². The normalized spacial score (nSPS) is 21.0. The maximum absolute atomic E-state index is 12.7. The van der Waals surface area contributed by atoms with Gasteiger partial charge in [0.25, 0.3) is 0 Å². The van der Waals surface area contributed by atoms with Crippen molar-refractivity contribution in [2.24, 2.45) is 10.9 Å². The molecular formula is C18H35F3IN5O2S. The van der Waals surface area contributed by atoms with Gasteiger partial charge in [0, 0.05) is 39.3 Å². The summed E-state index contributed by atoms with van der Waals surface area (Å²) in [5.74, 6) is 0.781. The van der Waals surface area contributed by atoms with Crippen LogP contribution in [0.4, 0.5) is 13.2 Å². The van der Waals surface area contributed by atoms with Crippen LogP contribution in [0.5, 0.6) is 0 Å². The Bertz CT molecular complexity index is 618. The number of alkyl halides is 3. The first-order valence-electron chi connectivity index (χ1n) is 10.5. The molecule has 0 spiro atoms. The van der Waals surface area contributed by atoms with Crippen LogP contribution in [0.3, 0.4) is 0 Å². The molecule has 2 aliphatic heterocycles. The van der Waals surface area contributed by atoms with Crippen molar-refractivity contribution in [3.05, 3.63) is 0 Å². The Morgan fingerprint density at radius 1 is 1.03 bits per heavy atom. The molecule has 2 fully saturated rings. The molecule has 0 radical (unpaired) electrons. The SMILES string of the molecule is CCNC(=NCC1CCN(S(=O)(=O)C(F)(F)F)CC1)NCCN1CCCCCC1.I. The van der Waals surface area contributed by atoms with Crippen LogP contribution in [0.15, 0.2) is 4.99 Å². The Kier molecular flexibility index (Phi) is 12.2. The molecule has 7 nitrogen and oxygen atoms in total. The van der Waals surface area contributed by atoms with Crippen molar-refractivity contribution in [2.75, 3.05) is 52.4 Å². The summed E-state index contributed by atoms with van der Waals surface area (Å²) in [6.45, 7) is 6.96. The van der Waals surface area contributed by atoms with E-state index >= 15 is 0 Å². The maximum Gasteiger partial charge on any atom is 0.511 e. The highest BCUT2D eigenvalue weighted by Gasteiger charge is 2.50. The van der Waals surface area contributed by atoms with E-state index in [-0.39, 0.29) is 43.0 Å². The second-order valence-electron chi connectivity index (χ2n) is 7.70. The molecule has 178 valence electrons. The molecule has 2 heterocycles. The van der Waals surface area contributed by atoms with E-state index in [4.69, 9.17) is 0 Å². The molecule has 0 bridgehead atoms. The fourth-order valence-electron chi connectivity index (χ4n) is 3.73. The van der Waals surface area contributed by atoms with Gasteiger partial charge < -0.3 is 15.5 Å². The quantitative estimate of drug-likeness (QED) is 0.280. The van der Waals surface area contributed by atoms with E-state index in [1.807, 2.05) is 6.92 Å². The zero-order valence-corrected chi connectivity index (χ0v) is 20.7. The van der Waals surface area contributed by atoms with Gasteiger partial charge in [-0.25, -0.2) is 8.42 Å². The largest absolute Gasteiger partial charge is 0.511 e. The van der Waals surface area contributed by atoms with Gasteiger partial charge in [-0.2, -0.15) is 17.5 Å². The van der Waals surface area contributed by atoms with Gasteiger partial charge in [-0.3, -0.25) is 4.99 Å². The van der Waals surface area contributed by atoms with Crippen molar-refractivity contribution in [2.45, 2.75) is 51.0 Å². The summed E-state index contributed by atoms with van der Waals surface area (Å²) < 4.78 is 61.5. The highest BCUT2D eigenvalue weighted by atomic mass is 127. The average Bonchev–Trinajstić information content (AvgIpc) is 2.94. The zero-order chi connectivity index (χ0) is 21.3. The first kappa shape index (κ1) is 27.7. The lowest BCUT2D eigenvalue weighted by molar-refractivity contribution is -0.0496. The number of hydrogen-bond donors (Lipinski definition) is 2. The second-order valence-corrected chi connectivity index (χ2v) is 9.62. The Morgan fingerprint density at radius 2 is 1.63 bits per heavy atom. The molecule has 0 aromatic carbocycles. The molecule has 2 saturated heterocycles. The van der Waals surface area contributed by atoms with Crippen LogP contribution in [0, 0.1) is 5.92 Å². The van der Waals surface area contributed by atoms with Crippen LogP contribution in [0.2, 0.25) is 0 Å². The third-order valence-electron chi connectivity index (χ3n) is 5.48. The van der Waals surface area contributed by atoms with Crippen LogP contribution in [0.1, 0.15) is 45.4 Å². The first-order valence-corrected chi connectivity index (χ1v) is 12.0. The number of sulfonamides is 1. The number of guanidine groups is 1. The van der Waals surface area contributed by atoms with E-state index < -0.39 is 15.5 Å². The Hall–Kier alpha value is -0.340. The predicted molar refractivity (Wildman–Crippen MR) is 124 cm³/mol. The van der Waals surface area contributed by atoms with Gasteiger partial charge in [0.05, 0.1) is 0 Å². The number of nitrogens with one attached hydrogen (secondary N) is 2. The van der Waals surface area contributed by atoms with E-state index in [1.54, 1.807) is 0 Å². The summed E-state index contributed by atoms with van der Waals surface area (Å²) >= 11 is 0. The van der Waals surface area contributed by atoms with Gasteiger partial charge in [0.15, 0.2) is 5.96 Å². The van der Waals surface area contributed by atoms with Crippen LogP contribution in [-0.4, -0.2) is 81.4 Å². The van der Waals surface area contributed by atoms with Crippen molar-refractivity contribution in [3.63, 3.8) is 0 Å². The molecule has 0 atom stereocenters. The molecule has 0 saturated carbocycles. The summed E-state index contributed by atoms with van der Waals surface area (Å²) in [5, 5.41) is 6.51. The summed E-state index contributed by atoms with van der Waals surface area (Å²) in [4.78, 5) is 7.02. The van der Waals surface area contributed by atoms with E-state index in [0.717, 1.165) is 32.7 Å². The van der Waals surface area contributed by atoms with Gasteiger partial charge in [0.2, 0.25) is 0 Å². The molecule has 2 rings (SSSR count). The number of likely N-dealkylation sites (tertiary alicyclic amines) is 1. The standard InChI is InChI=1S/C18H34F3N5O2S.HI/c1-2-22-17(23-9-14-25-10-5-3-4-6-11-25)24-15-16-7-12-26(13-8-16)29(27,28)18(19,20)21;/h16H,2-15H2,1H3,(H2,22,23,24);1H. The van der Waals surface area contributed by atoms with Crippen molar-refractivity contribution < 1.29 is 21.6 Å². The average molecular weight is 569 g/mol. The zero-order valence-electron chi connectivity index (χ0n) is 17.6. The molecule has 2 aliphatic rings. The number of halogens is 4. The lowest BCUT2D eigenvalue weighted by atomic mass is 9.98. The molecule has 30 heavy (non-hydrogen) atoms. The van der Waals surface area contributed by atoms with E-state index in [9.17, 15) is 21.6 Å². The molecular weight excluding hydrogens is 534 g/mol. The minimum Gasteiger partial charge on any atom is -0.357 e. The van der Waals surface area contributed by atoms with Gasteiger partial charge in [-0.15, -0.1) is 24.0 Å². The lowest BCUT2D eigenvalue weighted by Gasteiger charge is -2.31. The number of rotatable bonds is 7. The number of aliphatic imine (C=N–C) groups is 1. The predicted octanol–water partition coefficient (Wildman–Crippen LogP) is 2.60. The Balaban J connectivity index is 0.00000450. The van der Waals surface area contributed by atoms with Crippen molar-refractivity contribution in [1.82, 2.24) is 19.8 Å². The fraction of sp³-hybridized carbons (Fsp3) is 0.944. The van der Waals surface area contributed by atoms with Gasteiger partial charge in [0.1, 0.15) is 0 Å². The summed E-state index contributed by atoms with van der Waals surface area (Å²) in [6, 6.07) is 0. The van der Waals surface area contributed by atoms with Crippen LogP contribution in [-0.2, 0) is 10.0 Å². The maximum atomic E-state index is 12.7. The van der Waals surface area contributed by atoms with Gasteiger partial charge in [-0.1, -0.05) is 12.8 Å². The van der Waals surface area contributed by atoms with Crippen LogP contribution < -0.4 is 10.6 Å². The summed E-state index contributed by atoms with van der Waals surface area (Å²) in [6.07, 6.45) is 5.86. The monoisotopic (exact) mass is 569 g/mol. The summed E-state index contributed by atoms with van der Waals surface area (Å²) in [5.41, 5.74) is -5.23. The van der Waals surface area contributed by atoms with Crippen LogP contribution >= 0.6 is 24.0 Å². The Labute approximate surface area is 195 Å². The first-order chi connectivity index (χ1) is 13.7. The molecule has 0 aromatic rings. The third-order valence-corrected chi connectivity index (χ3v) is 7.11. The molecule has 0 unspecified atom stereocenters.